The van der Waals surface area contributed by atoms with E-state index in [4.69, 9.17) is 18.9 Å². The van der Waals surface area contributed by atoms with Gasteiger partial charge in [0, 0.05) is 12.7 Å². The zero-order chi connectivity index (χ0) is 23.0. The van der Waals surface area contributed by atoms with Crippen molar-refractivity contribution in [1.29, 1.82) is 0 Å². The van der Waals surface area contributed by atoms with Crippen LogP contribution in [-0.4, -0.2) is 43.8 Å². The van der Waals surface area contributed by atoms with Crippen molar-refractivity contribution >= 4 is 17.9 Å². The monoisotopic (exact) mass is 448 g/mol. The Kier molecular flexibility index (Phi) is 12.4. The number of esters is 3. The molecule has 2 aliphatic rings. The van der Waals surface area contributed by atoms with Crippen molar-refractivity contribution in [2.45, 2.75) is 76.7 Å². The summed E-state index contributed by atoms with van der Waals surface area (Å²) in [5, 5.41) is 0. The van der Waals surface area contributed by atoms with E-state index in [1.807, 2.05) is 18.2 Å². The highest BCUT2D eigenvalue weighted by Gasteiger charge is 2.23. The van der Waals surface area contributed by atoms with Crippen LogP contribution in [0.1, 0.15) is 70.6 Å². The molecule has 2 aliphatic carbocycles. The number of carbonyl (C=O) groups is 3. The topological polar surface area (TPSA) is 88.1 Å². The van der Waals surface area contributed by atoms with Gasteiger partial charge >= 0.3 is 17.9 Å². The molecular weight excluding hydrogens is 412 g/mol. The molecule has 0 spiro atoms. The molecule has 1 unspecified atom stereocenters. The first-order valence-electron chi connectivity index (χ1n) is 11.7. The van der Waals surface area contributed by atoms with Crippen molar-refractivity contribution < 1.29 is 33.3 Å². The Bertz CT molecular complexity index is 674. The maximum Gasteiger partial charge on any atom is 0.330 e. The number of ether oxygens (including phenoxy) is 4. The van der Waals surface area contributed by atoms with E-state index in [1.165, 1.54) is 6.42 Å². The van der Waals surface area contributed by atoms with Crippen LogP contribution in [-0.2, 0) is 33.3 Å². The zero-order valence-corrected chi connectivity index (χ0v) is 18.9. The van der Waals surface area contributed by atoms with Crippen LogP contribution >= 0.6 is 0 Å². The Hall–Kier alpha value is -2.41. The van der Waals surface area contributed by atoms with Crippen molar-refractivity contribution in [3.05, 3.63) is 36.6 Å². The highest BCUT2D eigenvalue weighted by Crippen LogP contribution is 2.26. The lowest BCUT2D eigenvalue weighted by Gasteiger charge is -2.21. The summed E-state index contributed by atoms with van der Waals surface area (Å²) in [6.45, 7) is 4.32. The van der Waals surface area contributed by atoms with Gasteiger partial charge < -0.3 is 18.9 Å². The third-order valence-corrected chi connectivity index (χ3v) is 5.53. The Morgan fingerprint density at radius 3 is 2.41 bits per heavy atom. The number of hydrogen-bond donors (Lipinski definition) is 0. The minimum atomic E-state index is -0.543. The lowest BCUT2D eigenvalue weighted by atomic mass is 9.89. The van der Waals surface area contributed by atoms with Gasteiger partial charge in [0.25, 0.3) is 0 Å². The second kappa shape index (κ2) is 15.4. The summed E-state index contributed by atoms with van der Waals surface area (Å²) >= 11 is 0. The van der Waals surface area contributed by atoms with Crippen LogP contribution in [0.15, 0.2) is 36.6 Å². The summed E-state index contributed by atoms with van der Waals surface area (Å²) in [7, 11) is 0. The minimum Gasteiger partial charge on any atom is -0.466 e. The molecule has 0 aromatic heterocycles. The summed E-state index contributed by atoms with van der Waals surface area (Å²) in [6.07, 6.45) is 16.6. The summed E-state index contributed by atoms with van der Waals surface area (Å²) in [6, 6.07) is 0. The highest BCUT2D eigenvalue weighted by atomic mass is 16.5. The molecule has 0 radical (unpaired) electrons. The first-order chi connectivity index (χ1) is 15.6. The molecular formula is C25H36O7. The average Bonchev–Trinajstić information content (AvgIpc) is 2.82. The molecule has 1 atom stereocenters. The standard InChI is InChI=1S/C25H36O7/c1-2-23(26)31-19-16-24(27)30-18-9-4-3-8-17-29-21-12-14-22(15-13-21)32-25(28)20-10-6-5-7-11-20/h2,12,14-15,20-21H,1,3-11,13,16-19H2. The van der Waals surface area contributed by atoms with Crippen molar-refractivity contribution in [3.8, 4) is 0 Å². The number of carbonyl (C=O) groups excluding carboxylic acids is 3. The van der Waals surface area contributed by atoms with E-state index in [9.17, 15) is 14.4 Å². The van der Waals surface area contributed by atoms with Gasteiger partial charge in [-0.3, -0.25) is 9.59 Å². The molecule has 0 amide bonds. The van der Waals surface area contributed by atoms with Gasteiger partial charge in [0.1, 0.15) is 12.4 Å². The Morgan fingerprint density at radius 1 is 0.969 bits per heavy atom. The molecule has 178 valence electrons. The van der Waals surface area contributed by atoms with Crippen LogP contribution in [0.3, 0.4) is 0 Å². The number of hydrogen-bond acceptors (Lipinski definition) is 7. The van der Waals surface area contributed by atoms with Crippen LogP contribution in [0, 0.1) is 5.92 Å². The number of rotatable bonds is 14. The van der Waals surface area contributed by atoms with Crippen LogP contribution < -0.4 is 0 Å². The minimum absolute atomic E-state index is 0.0102. The van der Waals surface area contributed by atoms with E-state index >= 15 is 0 Å². The predicted octanol–water partition coefficient (Wildman–Crippen LogP) is 4.56. The van der Waals surface area contributed by atoms with Crippen LogP contribution in [0.5, 0.6) is 0 Å². The Morgan fingerprint density at radius 2 is 1.72 bits per heavy atom. The molecule has 0 heterocycles. The summed E-state index contributed by atoms with van der Waals surface area (Å²) in [5.41, 5.74) is 0. The van der Waals surface area contributed by atoms with E-state index < -0.39 is 5.97 Å². The van der Waals surface area contributed by atoms with Crippen LogP contribution in [0.2, 0.25) is 0 Å². The molecule has 0 aliphatic heterocycles. The second-order valence-corrected chi connectivity index (χ2v) is 8.12. The molecule has 1 saturated carbocycles. The molecule has 2 rings (SSSR count). The van der Waals surface area contributed by atoms with Crippen molar-refractivity contribution in [1.82, 2.24) is 0 Å². The SMILES string of the molecule is C=CC(=O)OCCC(=O)OCCCCCCOC1C=CC(OC(=O)C2CCCCC2)=CC1. The van der Waals surface area contributed by atoms with E-state index in [1.54, 1.807) is 0 Å². The quantitative estimate of drug-likeness (QED) is 0.167. The zero-order valence-electron chi connectivity index (χ0n) is 18.9. The first kappa shape index (κ1) is 25.8. The van der Waals surface area contributed by atoms with Gasteiger partial charge in [0.05, 0.1) is 25.0 Å². The lowest BCUT2D eigenvalue weighted by molar-refractivity contribution is -0.147. The maximum atomic E-state index is 12.2. The Labute approximate surface area is 190 Å². The summed E-state index contributed by atoms with van der Waals surface area (Å²) < 4.78 is 21.2. The van der Waals surface area contributed by atoms with E-state index in [-0.39, 0.29) is 37.0 Å². The van der Waals surface area contributed by atoms with Crippen LogP contribution in [0.25, 0.3) is 0 Å². The highest BCUT2D eigenvalue weighted by molar-refractivity contribution is 5.81. The lowest BCUT2D eigenvalue weighted by Crippen LogP contribution is -2.21. The van der Waals surface area contributed by atoms with Crippen molar-refractivity contribution in [2.75, 3.05) is 19.8 Å². The van der Waals surface area contributed by atoms with E-state index in [0.29, 0.717) is 25.4 Å². The van der Waals surface area contributed by atoms with Gasteiger partial charge in [-0.1, -0.05) is 38.3 Å². The van der Waals surface area contributed by atoms with Gasteiger partial charge in [-0.25, -0.2) is 4.79 Å². The molecule has 0 N–H and O–H groups in total. The third-order valence-electron chi connectivity index (χ3n) is 5.53. The molecule has 1 fully saturated rings. The van der Waals surface area contributed by atoms with Gasteiger partial charge in [-0.05, 0) is 50.7 Å². The molecule has 0 saturated heterocycles. The largest absolute Gasteiger partial charge is 0.466 e. The molecule has 0 bridgehead atoms. The van der Waals surface area contributed by atoms with Gasteiger partial charge in [-0.2, -0.15) is 0 Å². The van der Waals surface area contributed by atoms with Crippen LogP contribution in [0.4, 0.5) is 0 Å². The fraction of sp³-hybridized carbons (Fsp3) is 0.640. The Balaban J connectivity index is 1.43. The molecule has 7 nitrogen and oxygen atoms in total. The number of unbranched alkanes of at least 4 members (excludes halogenated alkanes) is 3. The first-order valence-corrected chi connectivity index (χ1v) is 11.7. The van der Waals surface area contributed by atoms with Gasteiger partial charge in [0.2, 0.25) is 0 Å². The molecule has 0 aromatic carbocycles. The third kappa shape index (κ3) is 10.8. The molecule has 0 aromatic rings. The van der Waals surface area contributed by atoms with Crippen molar-refractivity contribution in [3.63, 3.8) is 0 Å². The van der Waals surface area contributed by atoms with E-state index in [0.717, 1.165) is 57.4 Å². The molecule has 32 heavy (non-hydrogen) atoms. The van der Waals surface area contributed by atoms with E-state index in [2.05, 4.69) is 6.58 Å². The summed E-state index contributed by atoms with van der Waals surface area (Å²) in [5.74, 6) is -0.322. The number of allylic oxidation sites excluding steroid dienone is 1. The fourth-order valence-electron chi connectivity index (χ4n) is 3.66. The summed E-state index contributed by atoms with van der Waals surface area (Å²) in [4.78, 5) is 34.6. The smallest absolute Gasteiger partial charge is 0.330 e. The maximum absolute atomic E-state index is 12.2. The predicted molar refractivity (Wildman–Crippen MR) is 119 cm³/mol. The molecule has 7 heteroatoms. The van der Waals surface area contributed by atoms with Crippen molar-refractivity contribution in [2.24, 2.45) is 5.92 Å². The average molecular weight is 449 g/mol. The normalized spacial score (nSPS) is 18.5. The second-order valence-electron chi connectivity index (χ2n) is 8.12. The fourth-order valence-corrected chi connectivity index (χ4v) is 3.66. The van der Waals surface area contributed by atoms with Gasteiger partial charge in [-0.15, -0.1) is 0 Å². The van der Waals surface area contributed by atoms with Gasteiger partial charge in [0.15, 0.2) is 0 Å².